The fraction of sp³-hybridized carbons (Fsp3) is 0.167. The lowest BCUT2D eigenvalue weighted by atomic mass is 10.0. The van der Waals surface area contributed by atoms with Gasteiger partial charge in [0.05, 0.1) is 5.52 Å². The molecule has 0 aliphatic heterocycles. The van der Waals surface area contributed by atoms with Gasteiger partial charge >= 0.3 is 0 Å². The number of amides is 1. The maximum absolute atomic E-state index is 12.6. The molecule has 4 aromatic rings. The Morgan fingerprint density at radius 2 is 1.57 bits per heavy atom. The van der Waals surface area contributed by atoms with Crippen LogP contribution >= 0.6 is 0 Å². The molecule has 0 spiro atoms. The number of hydrogen-bond acceptors (Lipinski definition) is 2. The van der Waals surface area contributed by atoms with E-state index in [-0.39, 0.29) is 18.4 Å². The molecule has 0 saturated carbocycles. The van der Waals surface area contributed by atoms with E-state index in [1.165, 1.54) is 5.56 Å². The molecule has 0 fully saturated rings. The maximum atomic E-state index is 12.6. The molecule has 0 aliphatic rings. The number of aromatic nitrogens is 2. The van der Waals surface area contributed by atoms with E-state index in [2.05, 4.69) is 30.4 Å². The van der Waals surface area contributed by atoms with Crippen molar-refractivity contribution in [2.75, 3.05) is 6.54 Å². The van der Waals surface area contributed by atoms with Crippen molar-refractivity contribution in [1.29, 1.82) is 0 Å². The van der Waals surface area contributed by atoms with Crippen LogP contribution in [-0.2, 0) is 11.3 Å². The molecule has 1 aromatic heterocycles. The first-order valence-corrected chi connectivity index (χ1v) is 9.55. The number of carbonyl (C=O) groups is 1. The van der Waals surface area contributed by atoms with E-state index in [1.807, 2.05) is 66.7 Å². The highest BCUT2D eigenvalue weighted by Crippen LogP contribution is 2.27. The van der Waals surface area contributed by atoms with Crippen LogP contribution in [-0.4, -0.2) is 22.2 Å². The van der Waals surface area contributed by atoms with E-state index < -0.39 is 0 Å². The third-order valence-corrected chi connectivity index (χ3v) is 4.97. The first-order chi connectivity index (χ1) is 13.7. The highest BCUT2D eigenvalue weighted by atomic mass is 16.2. The summed E-state index contributed by atoms with van der Waals surface area (Å²) >= 11 is 0. The number of para-hydroxylation sites is 1. The first-order valence-electron chi connectivity index (χ1n) is 9.55. The summed E-state index contributed by atoms with van der Waals surface area (Å²) in [6.45, 7) is 2.93. The number of carbonyl (C=O) groups excluding carboxylic acids is 1. The zero-order valence-corrected chi connectivity index (χ0v) is 15.9. The van der Waals surface area contributed by atoms with Gasteiger partial charge in [0.25, 0.3) is 0 Å². The van der Waals surface area contributed by atoms with E-state index in [4.69, 9.17) is 5.10 Å². The lowest BCUT2D eigenvalue weighted by Gasteiger charge is -2.13. The Morgan fingerprint density at radius 1 is 0.929 bits per heavy atom. The lowest BCUT2D eigenvalue weighted by molar-refractivity contribution is -0.121. The Bertz CT molecular complexity index is 1070. The Hall–Kier alpha value is -3.40. The minimum Gasteiger partial charge on any atom is -0.354 e. The predicted molar refractivity (Wildman–Crippen MR) is 113 cm³/mol. The first kappa shape index (κ1) is 18.0. The highest BCUT2D eigenvalue weighted by molar-refractivity contribution is 5.94. The van der Waals surface area contributed by atoms with Crippen molar-refractivity contribution in [2.45, 2.75) is 19.4 Å². The van der Waals surface area contributed by atoms with Gasteiger partial charge in [0, 0.05) is 17.5 Å². The molecular formula is C24H23N3O. The molecule has 28 heavy (non-hydrogen) atoms. The monoisotopic (exact) mass is 369 g/mol. The van der Waals surface area contributed by atoms with Crippen LogP contribution in [0.4, 0.5) is 0 Å². The molecule has 0 radical (unpaired) electrons. The molecule has 0 aliphatic carbocycles. The number of hydrogen-bond donors (Lipinski definition) is 1. The molecule has 0 unspecified atom stereocenters. The van der Waals surface area contributed by atoms with Crippen LogP contribution in [0.2, 0.25) is 0 Å². The van der Waals surface area contributed by atoms with Crippen LogP contribution in [0, 0.1) is 0 Å². The molecular weight excluding hydrogens is 346 g/mol. The van der Waals surface area contributed by atoms with E-state index in [9.17, 15) is 4.79 Å². The van der Waals surface area contributed by atoms with E-state index in [0.717, 1.165) is 22.2 Å². The molecule has 0 bridgehead atoms. The van der Waals surface area contributed by atoms with Crippen LogP contribution in [0.15, 0.2) is 84.9 Å². The van der Waals surface area contributed by atoms with Crippen molar-refractivity contribution < 1.29 is 4.79 Å². The van der Waals surface area contributed by atoms with Gasteiger partial charge in [0.2, 0.25) is 5.91 Å². The molecule has 1 atom stereocenters. The lowest BCUT2D eigenvalue weighted by Crippen LogP contribution is -2.31. The van der Waals surface area contributed by atoms with Gasteiger partial charge in [-0.2, -0.15) is 5.10 Å². The van der Waals surface area contributed by atoms with Gasteiger partial charge < -0.3 is 5.32 Å². The topological polar surface area (TPSA) is 46.9 Å². The Labute approximate surface area is 164 Å². The summed E-state index contributed by atoms with van der Waals surface area (Å²) in [6.07, 6.45) is 0. The Balaban J connectivity index is 1.51. The van der Waals surface area contributed by atoms with Crippen molar-refractivity contribution in [3.8, 4) is 11.3 Å². The predicted octanol–water partition coefficient (Wildman–Crippen LogP) is 4.62. The summed E-state index contributed by atoms with van der Waals surface area (Å²) in [5, 5.41) is 8.84. The van der Waals surface area contributed by atoms with E-state index in [0.29, 0.717) is 6.54 Å². The van der Waals surface area contributed by atoms with Crippen molar-refractivity contribution >= 4 is 16.8 Å². The third-order valence-electron chi connectivity index (χ3n) is 4.97. The van der Waals surface area contributed by atoms with Gasteiger partial charge in [0.15, 0.2) is 0 Å². The molecule has 3 aromatic carbocycles. The largest absolute Gasteiger partial charge is 0.354 e. The van der Waals surface area contributed by atoms with Gasteiger partial charge in [-0.05, 0) is 17.5 Å². The molecule has 4 heteroatoms. The number of benzene rings is 3. The second kappa shape index (κ2) is 8.09. The van der Waals surface area contributed by atoms with E-state index in [1.54, 1.807) is 4.68 Å². The van der Waals surface area contributed by atoms with Crippen LogP contribution in [0.1, 0.15) is 18.4 Å². The summed E-state index contributed by atoms with van der Waals surface area (Å²) in [7, 11) is 0. The van der Waals surface area contributed by atoms with Crippen molar-refractivity contribution in [3.63, 3.8) is 0 Å². The van der Waals surface area contributed by atoms with Gasteiger partial charge in [-0.25, -0.2) is 0 Å². The van der Waals surface area contributed by atoms with E-state index >= 15 is 0 Å². The molecule has 1 amide bonds. The minimum absolute atomic E-state index is 0.0318. The fourth-order valence-electron chi connectivity index (χ4n) is 3.42. The summed E-state index contributed by atoms with van der Waals surface area (Å²) in [5.41, 5.74) is 4.14. The van der Waals surface area contributed by atoms with Gasteiger partial charge in [-0.1, -0.05) is 85.8 Å². The number of nitrogens with one attached hydrogen (secondary N) is 1. The molecule has 0 saturated heterocycles. The number of rotatable bonds is 6. The molecule has 1 N–H and O–H groups in total. The quantitative estimate of drug-likeness (QED) is 0.539. The standard InChI is InChI=1S/C24H23N3O/c1-18(19-10-4-2-5-11-19)16-25-23(28)17-27-22-15-9-8-14-21(22)24(26-27)20-12-6-3-7-13-20/h2-15,18H,16-17H2,1H3,(H,25,28)/t18-/m0/s1. The number of nitrogens with zero attached hydrogens (tertiary/aromatic N) is 2. The molecule has 140 valence electrons. The normalized spacial score (nSPS) is 12.0. The van der Waals surface area contributed by atoms with Crippen LogP contribution < -0.4 is 5.32 Å². The zero-order valence-electron chi connectivity index (χ0n) is 15.9. The average Bonchev–Trinajstić information content (AvgIpc) is 3.12. The van der Waals surface area contributed by atoms with Gasteiger partial charge in [-0.3, -0.25) is 9.48 Å². The highest BCUT2D eigenvalue weighted by Gasteiger charge is 2.14. The van der Waals surface area contributed by atoms with Crippen LogP contribution in [0.5, 0.6) is 0 Å². The Kier molecular flexibility index (Phi) is 5.20. The van der Waals surface area contributed by atoms with Crippen LogP contribution in [0.3, 0.4) is 0 Å². The summed E-state index contributed by atoms with van der Waals surface area (Å²) < 4.78 is 1.79. The Morgan fingerprint density at radius 3 is 2.32 bits per heavy atom. The van der Waals surface area contributed by atoms with Crippen molar-refractivity contribution in [1.82, 2.24) is 15.1 Å². The second-order valence-corrected chi connectivity index (χ2v) is 7.01. The minimum atomic E-state index is -0.0318. The van der Waals surface area contributed by atoms with Crippen molar-refractivity contribution in [3.05, 3.63) is 90.5 Å². The fourth-order valence-corrected chi connectivity index (χ4v) is 3.42. The SMILES string of the molecule is C[C@@H](CNC(=O)Cn1nc(-c2ccccc2)c2ccccc21)c1ccccc1. The van der Waals surface area contributed by atoms with Crippen molar-refractivity contribution in [2.24, 2.45) is 0 Å². The maximum Gasteiger partial charge on any atom is 0.241 e. The molecule has 1 heterocycles. The molecule has 4 nitrogen and oxygen atoms in total. The smallest absolute Gasteiger partial charge is 0.241 e. The average molecular weight is 369 g/mol. The summed E-state index contributed by atoms with van der Waals surface area (Å²) in [6, 6.07) is 28.3. The number of fused-ring (bicyclic) bond motifs is 1. The van der Waals surface area contributed by atoms with Crippen LogP contribution in [0.25, 0.3) is 22.2 Å². The second-order valence-electron chi connectivity index (χ2n) is 7.01. The van der Waals surface area contributed by atoms with Gasteiger partial charge in [-0.15, -0.1) is 0 Å². The summed E-state index contributed by atoms with van der Waals surface area (Å²) in [4.78, 5) is 12.6. The molecule has 4 rings (SSSR count). The van der Waals surface area contributed by atoms with Gasteiger partial charge in [0.1, 0.15) is 12.2 Å². The third kappa shape index (κ3) is 3.81. The summed E-state index contributed by atoms with van der Waals surface area (Å²) in [5.74, 6) is 0.232. The zero-order chi connectivity index (χ0) is 19.3.